The van der Waals surface area contributed by atoms with Crippen LogP contribution in [0.3, 0.4) is 0 Å². The van der Waals surface area contributed by atoms with E-state index in [1.165, 1.54) is 64.2 Å². The number of hydrogen-bond donors (Lipinski definition) is 1. The Kier molecular flexibility index (Phi) is 7.87. The van der Waals surface area contributed by atoms with Gasteiger partial charge in [-0.15, -0.1) is 0 Å². The molecule has 1 saturated carbocycles. The highest BCUT2D eigenvalue weighted by Gasteiger charge is 2.30. The third kappa shape index (κ3) is 5.87. The van der Waals surface area contributed by atoms with Crippen molar-refractivity contribution in [3.8, 4) is 0 Å². The van der Waals surface area contributed by atoms with E-state index in [9.17, 15) is 0 Å². The normalized spacial score (nSPS) is 20.1. The van der Waals surface area contributed by atoms with Crippen LogP contribution >= 0.6 is 0 Å². The van der Waals surface area contributed by atoms with Gasteiger partial charge in [-0.05, 0) is 26.3 Å². The lowest BCUT2D eigenvalue weighted by Gasteiger charge is -2.33. The lowest BCUT2D eigenvalue weighted by molar-refractivity contribution is -0.0552. The van der Waals surface area contributed by atoms with Crippen molar-refractivity contribution in [1.29, 1.82) is 0 Å². The van der Waals surface area contributed by atoms with E-state index in [-0.39, 0.29) is 5.60 Å². The Bertz CT molecular complexity index is 174. The minimum absolute atomic E-state index is 0.150. The maximum atomic E-state index is 6.28. The topological polar surface area (TPSA) is 21.3 Å². The number of likely N-dealkylation sites (N-methyl/N-ethyl adjacent to an activating group) is 1. The molecular formula is C15H31NO. The first-order valence-corrected chi connectivity index (χ1v) is 7.61. The molecule has 0 unspecified atom stereocenters. The Labute approximate surface area is 108 Å². The van der Waals surface area contributed by atoms with E-state index in [4.69, 9.17) is 4.74 Å². The van der Waals surface area contributed by atoms with E-state index in [1.54, 1.807) is 0 Å². The lowest BCUT2D eigenvalue weighted by Crippen LogP contribution is -2.42. The van der Waals surface area contributed by atoms with Crippen LogP contribution < -0.4 is 5.32 Å². The fourth-order valence-electron chi connectivity index (χ4n) is 2.88. The predicted octanol–water partition coefficient (Wildman–Crippen LogP) is 3.90. The van der Waals surface area contributed by atoms with Gasteiger partial charge in [0.15, 0.2) is 0 Å². The van der Waals surface area contributed by atoms with Crippen molar-refractivity contribution >= 4 is 0 Å². The maximum absolute atomic E-state index is 6.28. The molecule has 17 heavy (non-hydrogen) atoms. The van der Waals surface area contributed by atoms with Crippen molar-refractivity contribution in [2.75, 3.05) is 20.2 Å². The lowest BCUT2D eigenvalue weighted by atomic mass is 9.94. The second-order valence-electron chi connectivity index (χ2n) is 5.54. The fraction of sp³-hybridized carbons (Fsp3) is 1.00. The van der Waals surface area contributed by atoms with E-state index in [2.05, 4.69) is 12.2 Å². The van der Waals surface area contributed by atoms with Crippen LogP contribution in [-0.4, -0.2) is 25.8 Å². The van der Waals surface area contributed by atoms with Gasteiger partial charge in [-0.1, -0.05) is 51.9 Å². The molecule has 0 bridgehead atoms. The number of unbranched alkanes of at least 4 members (excludes halogenated alkanes) is 3. The van der Waals surface area contributed by atoms with Crippen molar-refractivity contribution in [3.63, 3.8) is 0 Å². The van der Waals surface area contributed by atoms with Crippen molar-refractivity contribution < 1.29 is 4.74 Å². The molecule has 0 amide bonds. The Morgan fingerprint density at radius 3 is 2.29 bits per heavy atom. The molecule has 0 radical (unpaired) electrons. The highest BCUT2D eigenvalue weighted by molar-refractivity contribution is 4.85. The Balaban J connectivity index is 2.29. The molecule has 2 nitrogen and oxygen atoms in total. The Morgan fingerprint density at radius 2 is 1.71 bits per heavy atom. The number of ether oxygens (including phenoxy) is 1. The van der Waals surface area contributed by atoms with Crippen LogP contribution in [0.2, 0.25) is 0 Å². The van der Waals surface area contributed by atoms with Crippen molar-refractivity contribution in [3.05, 3.63) is 0 Å². The predicted molar refractivity (Wildman–Crippen MR) is 74.5 cm³/mol. The van der Waals surface area contributed by atoms with Gasteiger partial charge in [0.1, 0.15) is 0 Å². The summed E-state index contributed by atoms with van der Waals surface area (Å²) >= 11 is 0. The number of rotatable bonds is 8. The molecule has 2 heteroatoms. The standard InChI is InChI=1S/C15H31NO/c1-3-4-5-10-13-17-15(14-16-2)11-8-6-7-9-12-15/h16H,3-14H2,1-2H3. The summed E-state index contributed by atoms with van der Waals surface area (Å²) in [7, 11) is 2.05. The third-order valence-corrected chi connectivity index (χ3v) is 3.92. The van der Waals surface area contributed by atoms with E-state index in [0.29, 0.717) is 0 Å². The largest absolute Gasteiger partial charge is 0.374 e. The first-order chi connectivity index (χ1) is 8.33. The molecule has 1 rings (SSSR count). The summed E-state index contributed by atoms with van der Waals surface area (Å²) in [5, 5.41) is 3.33. The first kappa shape index (κ1) is 15.0. The smallest absolute Gasteiger partial charge is 0.0806 e. The summed E-state index contributed by atoms with van der Waals surface area (Å²) in [5.74, 6) is 0. The zero-order valence-corrected chi connectivity index (χ0v) is 11.9. The molecule has 0 saturated heterocycles. The molecule has 1 N–H and O–H groups in total. The summed E-state index contributed by atoms with van der Waals surface area (Å²) in [5.41, 5.74) is 0.150. The minimum Gasteiger partial charge on any atom is -0.374 e. The van der Waals surface area contributed by atoms with Gasteiger partial charge < -0.3 is 10.1 Å². The number of nitrogens with one attached hydrogen (secondary N) is 1. The molecule has 1 aliphatic carbocycles. The summed E-state index contributed by atoms with van der Waals surface area (Å²) in [4.78, 5) is 0. The van der Waals surface area contributed by atoms with Crippen LogP contribution in [0.4, 0.5) is 0 Å². The average Bonchev–Trinajstić information content (AvgIpc) is 2.56. The number of hydrogen-bond acceptors (Lipinski definition) is 2. The summed E-state index contributed by atoms with van der Waals surface area (Å²) < 4.78 is 6.28. The van der Waals surface area contributed by atoms with Gasteiger partial charge in [0.25, 0.3) is 0 Å². The molecule has 1 aliphatic rings. The van der Waals surface area contributed by atoms with Gasteiger partial charge >= 0.3 is 0 Å². The maximum Gasteiger partial charge on any atom is 0.0806 e. The summed E-state index contributed by atoms with van der Waals surface area (Å²) in [6.45, 7) is 4.25. The van der Waals surface area contributed by atoms with Crippen molar-refractivity contribution in [2.24, 2.45) is 0 Å². The van der Waals surface area contributed by atoms with Gasteiger partial charge in [-0.3, -0.25) is 0 Å². The van der Waals surface area contributed by atoms with Crippen LogP contribution in [0.25, 0.3) is 0 Å². The van der Waals surface area contributed by atoms with E-state index in [1.807, 2.05) is 7.05 Å². The quantitative estimate of drug-likeness (QED) is 0.514. The third-order valence-electron chi connectivity index (χ3n) is 3.92. The second-order valence-corrected chi connectivity index (χ2v) is 5.54. The van der Waals surface area contributed by atoms with Gasteiger partial charge in [0.2, 0.25) is 0 Å². The Hall–Kier alpha value is -0.0800. The van der Waals surface area contributed by atoms with Gasteiger partial charge in [-0.25, -0.2) is 0 Å². The van der Waals surface area contributed by atoms with E-state index >= 15 is 0 Å². The molecule has 0 aromatic heterocycles. The van der Waals surface area contributed by atoms with Crippen molar-refractivity contribution in [2.45, 2.75) is 76.7 Å². The van der Waals surface area contributed by atoms with Gasteiger partial charge in [-0.2, -0.15) is 0 Å². The summed E-state index contributed by atoms with van der Waals surface area (Å²) in [6.07, 6.45) is 13.2. The van der Waals surface area contributed by atoms with Gasteiger partial charge in [0, 0.05) is 13.2 Å². The van der Waals surface area contributed by atoms with Crippen LogP contribution in [0.1, 0.15) is 71.1 Å². The van der Waals surface area contributed by atoms with E-state index in [0.717, 1.165) is 13.2 Å². The van der Waals surface area contributed by atoms with Crippen LogP contribution in [0, 0.1) is 0 Å². The van der Waals surface area contributed by atoms with Gasteiger partial charge in [0.05, 0.1) is 5.60 Å². The molecular weight excluding hydrogens is 210 g/mol. The van der Waals surface area contributed by atoms with Crippen LogP contribution in [0.5, 0.6) is 0 Å². The van der Waals surface area contributed by atoms with Crippen molar-refractivity contribution in [1.82, 2.24) is 5.32 Å². The second kappa shape index (κ2) is 8.93. The average molecular weight is 241 g/mol. The van der Waals surface area contributed by atoms with E-state index < -0.39 is 0 Å². The monoisotopic (exact) mass is 241 g/mol. The highest BCUT2D eigenvalue weighted by Crippen LogP contribution is 2.30. The molecule has 0 heterocycles. The molecule has 0 atom stereocenters. The molecule has 102 valence electrons. The van der Waals surface area contributed by atoms with Crippen LogP contribution in [-0.2, 0) is 4.74 Å². The zero-order valence-electron chi connectivity index (χ0n) is 11.9. The molecule has 0 aromatic rings. The minimum atomic E-state index is 0.150. The highest BCUT2D eigenvalue weighted by atomic mass is 16.5. The molecule has 0 spiro atoms. The molecule has 0 aromatic carbocycles. The first-order valence-electron chi connectivity index (χ1n) is 7.61. The molecule has 1 fully saturated rings. The summed E-state index contributed by atoms with van der Waals surface area (Å²) in [6, 6.07) is 0. The Morgan fingerprint density at radius 1 is 1.00 bits per heavy atom. The SMILES string of the molecule is CCCCCCOC1(CNC)CCCCCC1. The fourth-order valence-corrected chi connectivity index (χ4v) is 2.88. The molecule has 0 aliphatic heterocycles. The van der Waals surface area contributed by atoms with Crippen LogP contribution in [0.15, 0.2) is 0 Å². The zero-order chi connectivity index (χ0) is 12.4.